The predicted octanol–water partition coefficient (Wildman–Crippen LogP) is 2.69. The molecule has 0 spiro atoms. The van der Waals surface area contributed by atoms with Crippen LogP contribution in [-0.4, -0.2) is 62.3 Å². The molecule has 0 aliphatic carbocycles. The van der Waals surface area contributed by atoms with Crippen LogP contribution in [0, 0.1) is 5.92 Å². The lowest BCUT2D eigenvalue weighted by Gasteiger charge is -2.27. The van der Waals surface area contributed by atoms with E-state index in [0.717, 1.165) is 30.8 Å². The van der Waals surface area contributed by atoms with Gasteiger partial charge in [-0.1, -0.05) is 6.07 Å². The second kappa shape index (κ2) is 10.1. The molecule has 2 heterocycles. The van der Waals surface area contributed by atoms with Crippen LogP contribution in [0.25, 0.3) is 0 Å². The van der Waals surface area contributed by atoms with E-state index in [1.807, 2.05) is 24.3 Å². The summed E-state index contributed by atoms with van der Waals surface area (Å²) in [7, 11) is 3.33. The minimum atomic E-state index is -0.269. The summed E-state index contributed by atoms with van der Waals surface area (Å²) >= 11 is 0. The molecule has 2 aliphatic heterocycles. The van der Waals surface area contributed by atoms with Gasteiger partial charge >= 0.3 is 0 Å². The summed E-state index contributed by atoms with van der Waals surface area (Å²) in [5.74, 6) is -0.285. The van der Waals surface area contributed by atoms with Crippen molar-refractivity contribution in [3.8, 4) is 0 Å². The van der Waals surface area contributed by atoms with Crippen LogP contribution in [0.1, 0.15) is 46.4 Å². The van der Waals surface area contributed by atoms with E-state index in [4.69, 9.17) is 0 Å². The van der Waals surface area contributed by atoms with E-state index in [9.17, 15) is 19.2 Å². The number of hydrogen-bond donors (Lipinski definition) is 1. The van der Waals surface area contributed by atoms with Gasteiger partial charge in [-0.15, -0.1) is 0 Å². The number of rotatable bonds is 6. The highest BCUT2D eigenvalue weighted by Crippen LogP contribution is 2.28. The van der Waals surface area contributed by atoms with E-state index in [2.05, 4.69) is 5.32 Å². The minimum absolute atomic E-state index is 0.00797. The van der Waals surface area contributed by atoms with Crippen molar-refractivity contribution in [1.29, 1.82) is 0 Å². The Hall–Kier alpha value is -3.68. The van der Waals surface area contributed by atoms with Gasteiger partial charge in [0, 0.05) is 75.0 Å². The van der Waals surface area contributed by atoms with Crippen LogP contribution >= 0.6 is 0 Å². The average molecular weight is 463 g/mol. The molecule has 0 aromatic heterocycles. The van der Waals surface area contributed by atoms with Crippen LogP contribution in [0.3, 0.4) is 0 Å². The van der Waals surface area contributed by atoms with Gasteiger partial charge in [0.1, 0.15) is 0 Å². The molecule has 2 aliphatic rings. The van der Waals surface area contributed by atoms with Crippen LogP contribution in [0.5, 0.6) is 0 Å². The van der Waals surface area contributed by atoms with Gasteiger partial charge in [0.15, 0.2) is 0 Å². The van der Waals surface area contributed by atoms with Crippen LogP contribution < -0.4 is 15.1 Å². The Bertz CT molecular complexity index is 1100. The first-order valence-electron chi connectivity index (χ1n) is 11.6. The second-order valence-electron chi connectivity index (χ2n) is 9.08. The molecule has 1 N–H and O–H groups in total. The Morgan fingerprint density at radius 3 is 2.29 bits per heavy atom. The van der Waals surface area contributed by atoms with E-state index in [0.29, 0.717) is 37.1 Å². The molecule has 178 valence electrons. The number of benzene rings is 2. The lowest BCUT2D eigenvalue weighted by Crippen LogP contribution is -2.35. The van der Waals surface area contributed by atoms with Gasteiger partial charge in [-0.25, -0.2) is 0 Å². The normalized spacial score (nSPS) is 18.2. The summed E-state index contributed by atoms with van der Waals surface area (Å²) in [5, 5.41) is 2.90. The molecule has 8 nitrogen and oxygen atoms in total. The number of piperidine rings is 1. The number of anilines is 2. The molecule has 8 heteroatoms. The quantitative estimate of drug-likeness (QED) is 0.715. The Kier molecular flexibility index (Phi) is 6.95. The predicted molar refractivity (Wildman–Crippen MR) is 130 cm³/mol. The third-order valence-electron chi connectivity index (χ3n) is 6.33. The SMILES string of the molecule is CN(C)C(=O)c1cccc(C(=O)NCC2CC(=O)N(c3ccc(N4CCCCC4=O)cc3)C2)c1. The average Bonchev–Trinajstić information content (AvgIpc) is 3.23. The molecule has 4 amide bonds. The third-order valence-corrected chi connectivity index (χ3v) is 6.33. The molecule has 34 heavy (non-hydrogen) atoms. The molecule has 2 saturated heterocycles. The minimum Gasteiger partial charge on any atom is -0.352 e. The van der Waals surface area contributed by atoms with Crippen molar-refractivity contribution in [3.63, 3.8) is 0 Å². The van der Waals surface area contributed by atoms with Gasteiger partial charge in [-0.2, -0.15) is 0 Å². The molecule has 2 aromatic rings. The summed E-state index contributed by atoms with van der Waals surface area (Å²) in [4.78, 5) is 54.6. The van der Waals surface area contributed by atoms with Gasteiger partial charge in [0.05, 0.1) is 0 Å². The number of nitrogens with zero attached hydrogens (tertiary/aromatic N) is 3. The Morgan fingerprint density at radius 1 is 0.941 bits per heavy atom. The highest BCUT2D eigenvalue weighted by atomic mass is 16.2. The van der Waals surface area contributed by atoms with Gasteiger partial charge in [0.2, 0.25) is 11.8 Å². The van der Waals surface area contributed by atoms with E-state index in [1.165, 1.54) is 4.90 Å². The topological polar surface area (TPSA) is 90.0 Å². The number of carbonyl (C=O) groups is 4. The van der Waals surface area contributed by atoms with Gasteiger partial charge in [-0.3, -0.25) is 19.2 Å². The number of hydrogen-bond acceptors (Lipinski definition) is 4. The molecule has 0 saturated carbocycles. The summed E-state index contributed by atoms with van der Waals surface area (Å²) in [5.41, 5.74) is 2.52. The summed E-state index contributed by atoms with van der Waals surface area (Å²) < 4.78 is 0. The third kappa shape index (κ3) is 5.11. The van der Waals surface area contributed by atoms with Crippen molar-refractivity contribution in [2.75, 3.05) is 43.5 Å². The molecule has 0 bridgehead atoms. The van der Waals surface area contributed by atoms with Crippen molar-refractivity contribution in [3.05, 3.63) is 59.7 Å². The molecule has 2 aromatic carbocycles. The molecule has 1 atom stereocenters. The lowest BCUT2D eigenvalue weighted by atomic mass is 10.1. The van der Waals surface area contributed by atoms with Crippen molar-refractivity contribution in [2.24, 2.45) is 5.92 Å². The molecule has 4 rings (SSSR count). The van der Waals surface area contributed by atoms with Crippen LogP contribution in [0.15, 0.2) is 48.5 Å². The smallest absolute Gasteiger partial charge is 0.253 e. The van der Waals surface area contributed by atoms with E-state index in [1.54, 1.807) is 48.2 Å². The molecule has 0 radical (unpaired) electrons. The number of amides is 4. The Balaban J connectivity index is 1.34. The molecular formula is C26H30N4O4. The van der Waals surface area contributed by atoms with Crippen molar-refractivity contribution >= 4 is 35.0 Å². The highest BCUT2D eigenvalue weighted by molar-refractivity contribution is 6.00. The maximum Gasteiger partial charge on any atom is 0.253 e. The molecular weight excluding hydrogens is 432 g/mol. The van der Waals surface area contributed by atoms with Gasteiger partial charge < -0.3 is 20.0 Å². The zero-order valence-corrected chi connectivity index (χ0v) is 19.6. The largest absolute Gasteiger partial charge is 0.352 e. The summed E-state index contributed by atoms with van der Waals surface area (Å²) in [6, 6.07) is 14.2. The number of carbonyl (C=O) groups excluding carboxylic acids is 4. The monoisotopic (exact) mass is 462 g/mol. The highest BCUT2D eigenvalue weighted by Gasteiger charge is 2.31. The van der Waals surface area contributed by atoms with Gasteiger partial charge in [-0.05, 0) is 55.3 Å². The Labute approximate surface area is 199 Å². The van der Waals surface area contributed by atoms with Crippen LogP contribution in [0.4, 0.5) is 11.4 Å². The number of nitrogens with one attached hydrogen (secondary N) is 1. The van der Waals surface area contributed by atoms with Crippen LogP contribution in [0.2, 0.25) is 0 Å². The zero-order chi connectivity index (χ0) is 24.2. The van der Waals surface area contributed by atoms with Gasteiger partial charge in [0.25, 0.3) is 11.8 Å². The van der Waals surface area contributed by atoms with Crippen LogP contribution in [-0.2, 0) is 9.59 Å². The summed E-state index contributed by atoms with van der Waals surface area (Å²) in [6.45, 7) is 1.61. The second-order valence-corrected chi connectivity index (χ2v) is 9.08. The Morgan fingerprint density at radius 2 is 1.62 bits per heavy atom. The zero-order valence-electron chi connectivity index (χ0n) is 19.6. The first-order chi connectivity index (χ1) is 16.3. The fourth-order valence-electron chi connectivity index (χ4n) is 4.45. The van der Waals surface area contributed by atoms with E-state index in [-0.39, 0.29) is 29.5 Å². The maximum absolute atomic E-state index is 12.6. The fourth-order valence-corrected chi connectivity index (χ4v) is 4.45. The van der Waals surface area contributed by atoms with Crippen molar-refractivity contribution in [1.82, 2.24) is 10.2 Å². The van der Waals surface area contributed by atoms with Crippen molar-refractivity contribution < 1.29 is 19.2 Å². The molecule has 1 unspecified atom stereocenters. The standard InChI is InChI=1S/C26H30N4O4/c1-28(2)26(34)20-7-5-6-19(15-20)25(33)27-16-18-14-24(32)30(17-18)22-11-9-21(10-12-22)29-13-4-3-8-23(29)31/h5-7,9-12,15,18H,3-4,8,13-14,16-17H2,1-2H3,(H,27,33). The molecule has 2 fully saturated rings. The first kappa shape index (κ1) is 23.5. The fraction of sp³-hybridized carbons (Fsp3) is 0.385. The maximum atomic E-state index is 12.6. The van der Waals surface area contributed by atoms with Crippen molar-refractivity contribution in [2.45, 2.75) is 25.7 Å². The summed E-state index contributed by atoms with van der Waals surface area (Å²) in [6.07, 6.45) is 2.87. The van der Waals surface area contributed by atoms with E-state index >= 15 is 0 Å². The van der Waals surface area contributed by atoms with E-state index < -0.39 is 0 Å². The first-order valence-corrected chi connectivity index (χ1v) is 11.6. The lowest BCUT2D eigenvalue weighted by molar-refractivity contribution is -0.119.